The summed E-state index contributed by atoms with van der Waals surface area (Å²) in [6.45, 7) is 1.30. The fourth-order valence-electron chi connectivity index (χ4n) is 2.32. The summed E-state index contributed by atoms with van der Waals surface area (Å²) in [6.07, 6.45) is 5.13. The normalized spacial score (nSPS) is 10.7. The molecule has 0 saturated heterocycles. The zero-order chi connectivity index (χ0) is 18.8. The third-order valence-electron chi connectivity index (χ3n) is 3.86. The van der Waals surface area contributed by atoms with Gasteiger partial charge < -0.3 is 14.4 Å². The first-order chi connectivity index (χ1) is 12.6. The Balaban J connectivity index is 1.68. The third-order valence-corrected chi connectivity index (χ3v) is 4.11. The van der Waals surface area contributed by atoms with Crippen LogP contribution in [0.25, 0.3) is 6.08 Å². The monoisotopic (exact) mass is 373 g/mol. The molecule has 0 saturated carbocycles. The van der Waals surface area contributed by atoms with Crippen LogP contribution in [0.1, 0.15) is 18.4 Å². The number of ether oxygens (including phenoxy) is 2. The Morgan fingerprint density at radius 3 is 2.62 bits per heavy atom. The Labute approximate surface area is 160 Å². The summed E-state index contributed by atoms with van der Waals surface area (Å²) >= 11 is 5.84. The first-order valence-corrected chi connectivity index (χ1v) is 8.92. The van der Waals surface area contributed by atoms with Gasteiger partial charge in [0, 0.05) is 24.7 Å². The number of benzene rings is 2. The van der Waals surface area contributed by atoms with Crippen LogP contribution in [-0.2, 0) is 4.79 Å². The van der Waals surface area contributed by atoms with Crippen LogP contribution in [0.4, 0.5) is 0 Å². The molecule has 0 aromatic heterocycles. The standard InChI is InChI=1S/C21H24ClNO3/c1-23(14-3-4-15-26-19-11-9-18(22)10-12-19)21(24)13-8-17-6-5-7-20(16-17)25-2/h5-13,16H,3-4,14-15H2,1-2H3/b13-8+. The Morgan fingerprint density at radius 2 is 1.88 bits per heavy atom. The van der Waals surface area contributed by atoms with E-state index in [0.717, 1.165) is 29.9 Å². The molecule has 0 bridgehead atoms. The quantitative estimate of drug-likeness (QED) is 0.473. The number of likely N-dealkylation sites (N-methyl/N-ethyl adjacent to an activating group) is 1. The summed E-state index contributed by atoms with van der Waals surface area (Å²) in [4.78, 5) is 13.9. The van der Waals surface area contributed by atoms with E-state index in [-0.39, 0.29) is 5.91 Å². The molecule has 0 aliphatic rings. The summed E-state index contributed by atoms with van der Waals surface area (Å²) < 4.78 is 10.8. The zero-order valence-corrected chi connectivity index (χ0v) is 15.9. The number of carbonyl (C=O) groups excluding carboxylic acids is 1. The van der Waals surface area contributed by atoms with Crippen molar-refractivity contribution in [3.63, 3.8) is 0 Å². The lowest BCUT2D eigenvalue weighted by atomic mass is 10.2. The highest BCUT2D eigenvalue weighted by molar-refractivity contribution is 6.30. The van der Waals surface area contributed by atoms with Crippen molar-refractivity contribution in [1.29, 1.82) is 0 Å². The van der Waals surface area contributed by atoms with E-state index in [2.05, 4.69) is 0 Å². The maximum atomic E-state index is 12.2. The van der Waals surface area contributed by atoms with Crippen LogP contribution < -0.4 is 9.47 Å². The van der Waals surface area contributed by atoms with Gasteiger partial charge >= 0.3 is 0 Å². The number of nitrogens with zero attached hydrogens (tertiary/aromatic N) is 1. The SMILES string of the molecule is COc1cccc(/C=C/C(=O)N(C)CCCCOc2ccc(Cl)cc2)c1. The third kappa shape index (κ3) is 6.81. The van der Waals surface area contributed by atoms with Gasteiger partial charge in [0.1, 0.15) is 11.5 Å². The van der Waals surface area contributed by atoms with Crippen molar-refractivity contribution in [3.05, 3.63) is 65.2 Å². The predicted octanol–water partition coefficient (Wildman–Crippen LogP) is 4.68. The van der Waals surface area contributed by atoms with E-state index in [4.69, 9.17) is 21.1 Å². The molecule has 0 aliphatic heterocycles. The summed E-state index contributed by atoms with van der Waals surface area (Å²) in [5.74, 6) is 1.56. The molecule has 0 spiro atoms. The van der Waals surface area contributed by atoms with Gasteiger partial charge in [-0.2, -0.15) is 0 Å². The van der Waals surface area contributed by atoms with Crippen LogP contribution in [0.5, 0.6) is 11.5 Å². The predicted molar refractivity (Wildman–Crippen MR) is 106 cm³/mol. The molecule has 0 heterocycles. The number of amides is 1. The minimum atomic E-state index is -0.0218. The lowest BCUT2D eigenvalue weighted by molar-refractivity contribution is -0.124. The number of hydrogen-bond acceptors (Lipinski definition) is 3. The van der Waals surface area contributed by atoms with Crippen molar-refractivity contribution >= 4 is 23.6 Å². The van der Waals surface area contributed by atoms with E-state index < -0.39 is 0 Å². The number of halogens is 1. The number of methoxy groups -OCH3 is 1. The Bertz CT molecular complexity index is 728. The van der Waals surface area contributed by atoms with Crippen LogP contribution in [0.15, 0.2) is 54.6 Å². The molecular weight excluding hydrogens is 350 g/mol. The average molecular weight is 374 g/mol. The van der Waals surface area contributed by atoms with Gasteiger partial charge in [0.05, 0.1) is 13.7 Å². The van der Waals surface area contributed by atoms with Gasteiger partial charge in [-0.3, -0.25) is 4.79 Å². The molecule has 2 rings (SSSR count). The molecule has 2 aromatic carbocycles. The van der Waals surface area contributed by atoms with Crippen molar-refractivity contribution < 1.29 is 14.3 Å². The summed E-state index contributed by atoms with van der Waals surface area (Å²) in [7, 11) is 3.43. The second-order valence-electron chi connectivity index (χ2n) is 5.88. The van der Waals surface area contributed by atoms with E-state index in [1.807, 2.05) is 36.4 Å². The molecule has 0 N–H and O–H groups in total. The van der Waals surface area contributed by atoms with Crippen molar-refractivity contribution in [2.24, 2.45) is 0 Å². The van der Waals surface area contributed by atoms with Crippen molar-refractivity contribution in [2.75, 3.05) is 27.3 Å². The molecule has 5 heteroatoms. The fourth-order valence-corrected chi connectivity index (χ4v) is 2.45. The minimum Gasteiger partial charge on any atom is -0.497 e. The zero-order valence-electron chi connectivity index (χ0n) is 15.2. The Hall–Kier alpha value is -2.46. The molecule has 4 nitrogen and oxygen atoms in total. The topological polar surface area (TPSA) is 38.8 Å². The molecule has 0 fully saturated rings. The Kier molecular flexibility index (Phi) is 8.03. The number of unbranched alkanes of at least 4 members (excludes halogenated alkanes) is 1. The van der Waals surface area contributed by atoms with Crippen LogP contribution >= 0.6 is 11.6 Å². The van der Waals surface area contributed by atoms with Gasteiger partial charge in [0.15, 0.2) is 0 Å². The molecule has 0 aliphatic carbocycles. The first-order valence-electron chi connectivity index (χ1n) is 8.54. The minimum absolute atomic E-state index is 0.0218. The van der Waals surface area contributed by atoms with E-state index >= 15 is 0 Å². The van der Waals surface area contributed by atoms with Crippen LogP contribution in [0, 0.1) is 0 Å². The number of hydrogen-bond donors (Lipinski definition) is 0. The van der Waals surface area contributed by atoms with E-state index in [0.29, 0.717) is 18.2 Å². The average Bonchev–Trinajstić information content (AvgIpc) is 2.67. The van der Waals surface area contributed by atoms with Gasteiger partial charge in [-0.25, -0.2) is 0 Å². The molecule has 0 radical (unpaired) electrons. The van der Waals surface area contributed by atoms with Crippen LogP contribution in [0.2, 0.25) is 5.02 Å². The van der Waals surface area contributed by atoms with Crippen LogP contribution in [-0.4, -0.2) is 38.1 Å². The highest BCUT2D eigenvalue weighted by Crippen LogP contribution is 2.16. The molecule has 0 unspecified atom stereocenters. The fraction of sp³-hybridized carbons (Fsp3) is 0.286. The molecular formula is C21H24ClNO3. The van der Waals surface area contributed by atoms with Gasteiger partial charge in [-0.1, -0.05) is 23.7 Å². The lowest BCUT2D eigenvalue weighted by Gasteiger charge is -2.15. The summed E-state index contributed by atoms with van der Waals surface area (Å²) in [5, 5.41) is 0.694. The molecule has 0 atom stereocenters. The van der Waals surface area contributed by atoms with Crippen molar-refractivity contribution in [3.8, 4) is 11.5 Å². The van der Waals surface area contributed by atoms with E-state index in [9.17, 15) is 4.79 Å². The van der Waals surface area contributed by atoms with Crippen molar-refractivity contribution in [1.82, 2.24) is 4.90 Å². The summed E-state index contributed by atoms with van der Waals surface area (Å²) in [6, 6.07) is 14.9. The number of rotatable bonds is 9. The van der Waals surface area contributed by atoms with E-state index in [1.165, 1.54) is 0 Å². The first kappa shape index (κ1) is 19.9. The van der Waals surface area contributed by atoms with Gasteiger partial charge in [-0.15, -0.1) is 0 Å². The smallest absolute Gasteiger partial charge is 0.246 e. The maximum absolute atomic E-state index is 12.2. The highest BCUT2D eigenvalue weighted by atomic mass is 35.5. The largest absolute Gasteiger partial charge is 0.497 e. The highest BCUT2D eigenvalue weighted by Gasteiger charge is 2.04. The summed E-state index contributed by atoms with van der Waals surface area (Å²) in [5.41, 5.74) is 0.933. The van der Waals surface area contributed by atoms with Crippen LogP contribution in [0.3, 0.4) is 0 Å². The lowest BCUT2D eigenvalue weighted by Crippen LogP contribution is -2.26. The van der Waals surface area contributed by atoms with E-state index in [1.54, 1.807) is 43.3 Å². The second kappa shape index (κ2) is 10.5. The maximum Gasteiger partial charge on any atom is 0.246 e. The molecule has 26 heavy (non-hydrogen) atoms. The van der Waals surface area contributed by atoms with Gasteiger partial charge in [0.25, 0.3) is 0 Å². The molecule has 1 amide bonds. The van der Waals surface area contributed by atoms with Crippen molar-refractivity contribution in [2.45, 2.75) is 12.8 Å². The molecule has 138 valence electrons. The number of carbonyl (C=O) groups is 1. The second-order valence-corrected chi connectivity index (χ2v) is 6.32. The molecule has 2 aromatic rings. The van der Waals surface area contributed by atoms with Gasteiger partial charge in [-0.05, 0) is 60.9 Å². The van der Waals surface area contributed by atoms with Gasteiger partial charge in [0.2, 0.25) is 5.91 Å². The Morgan fingerprint density at radius 1 is 1.12 bits per heavy atom.